The lowest BCUT2D eigenvalue weighted by Crippen LogP contribution is -2.28. The lowest BCUT2D eigenvalue weighted by molar-refractivity contribution is -0.137. The molecule has 0 amide bonds. The Bertz CT molecular complexity index is 942. The normalized spacial score (nSPS) is 12.2. The number of nitrogens with zero attached hydrogens (tertiary/aromatic N) is 3. The van der Waals surface area contributed by atoms with E-state index in [1.165, 1.54) is 17.7 Å². The zero-order chi connectivity index (χ0) is 15.4. The molecule has 0 aliphatic carbocycles. The van der Waals surface area contributed by atoms with E-state index in [1.807, 2.05) is 4.98 Å². The van der Waals surface area contributed by atoms with Crippen molar-refractivity contribution >= 4 is 11.0 Å². The SMILES string of the molecule is Cn1c2nc(=O)[nH]c(=O)c-2nc2ccc(C(F)(F)F)cc21. The summed E-state index contributed by atoms with van der Waals surface area (Å²) in [6.07, 6.45) is -4.50. The summed E-state index contributed by atoms with van der Waals surface area (Å²) in [5.74, 6) is -0.0735. The first-order valence-electron chi connectivity index (χ1n) is 5.75. The van der Waals surface area contributed by atoms with E-state index in [0.717, 1.165) is 12.1 Å². The molecule has 0 atom stereocenters. The van der Waals surface area contributed by atoms with Crippen molar-refractivity contribution in [2.24, 2.45) is 7.05 Å². The van der Waals surface area contributed by atoms with Crippen molar-refractivity contribution in [2.75, 3.05) is 0 Å². The fourth-order valence-corrected chi connectivity index (χ4v) is 2.07. The van der Waals surface area contributed by atoms with Crippen LogP contribution in [-0.2, 0) is 13.2 Å². The average molecular weight is 296 g/mol. The first kappa shape index (κ1) is 13.3. The number of hydrogen-bond donors (Lipinski definition) is 1. The second kappa shape index (κ2) is 4.14. The van der Waals surface area contributed by atoms with Crippen molar-refractivity contribution in [3.63, 3.8) is 0 Å². The summed E-state index contributed by atoms with van der Waals surface area (Å²) >= 11 is 0. The van der Waals surface area contributed by atoms with E-state index in [9.17, 15) is 22.8 Å². The van der Waals surface area contributed by atoms with E-state index < -0.39 is 23.0 Å². The third-order valence-electron chi connectivity index (χ3n) is 3.07. The van der Waals surface area contributed by atoms with Gasteiger partial charge in [0.05, 0.1) is 16.6 Å². The van der Waals surface area contributed by atoms with Crippen LogP contribution in [0.4, 0.5) is 13.2 Å². The highest BCUT2D eigenvalue weighted by Crippen LogP contribution is 2.31. The molecule has 6 nitrogen and oxygen atoms in total. The van der Waals surface area contributed by atoms with Crippen LogP contribution < -0.4 is 11.2 Å². The molecule has 2 aliphatic rings. The number of nitrogens with one attached hydrogen (secondary N) is 1. The number of fused-ring (bicyclic) bond motifs is 2. The molecular weight excluding hydrogens is 289 g/mol. The molecule has 21 heavy (non-hydrogen) atoms. The molecule has 0 aromatic heterocycles. The molecular formula is C12H7F3N4O2. The number of hydrogen-bond acceptors (Lipinski definition) is 4. The van der Waals surface area contributed by atoms with Crippen molar-refractivity contribution in [3.05, 3.63) is 44.6 Å². The summed E-state index contributed by atoms with van der Waals surface area (Å²) in [4.78, 5) is 32.4. The zero-order valence-corrected chi connectivity index (χ0v) is 10.5. The van der Waals surface area contributed by atoms with E-state index in [-0.39, 0.29) is 22.6 Å². The molecule has 1 aromatic carbocycles. The van der Waals surface area contributed by atoms with Crippen molar-refractivity contribution < 1.29 is 13.2 Å². The minimum atomic E-state index is -4.50. The molecule has 1 aromatic rings. The molecule has 0 saturated heterocycles. The molecule has 0 saturated carbocycles. The van der Waals surface area contributed by atoms with Gasteiger partial charge in [-0.1, -0.05) is 0 Å². The molecule has 9 heteroatoms. The Morgan fingerprint density at radius 1 is 1.19 bits per heavy atom. The molecule has 0 spiro atoms. The van der Waals surface area contributed by atoms with E-state index >= 15 is 0 Å². The van der Waals surface area contributed by atoms with Gasteiger partial charge in [-0.3, -0.25) is 9.78 Å². The van der Waals surface area contributed by atoms with Crippen molar-refractivity contribution in [2.45, 2.75) is 6.18 Å². The minimum absolute atomic E-state index is 0.0735. The van der Waals surface area contributed by atoms with E-state index in [1.54, 1.807) is 0 Å². The molecule has 2 heterocycles. The van der Waals surface area contributed by atoms with Gasteiger partial charge in [0.25, 0.3) is 5.56 Å². The summed E-state index contributed by atoms with van der Waals surface area (Å²) in [5.41, 5.74) is -2.25. The summed E-state index contributed by atoms with van der Waals surface area (Å²) < 4.78 is 39.5. The van der Waals surface area contributed by atoms with Crippen LogP contribution in [0.5, 0.6) is 0 Å². The van der Waals surface area contributed by atoms with Gasteiger partial charge in [0.15, 0.2) is 11.5 Å². The number of aromatic amines is 1. The minimum Gasteiger partial charge on any atom is -0.325 e. The molecule has 0 bridgehead atoms. The Morgan fingerprint density at radius 3 is 2.57 bits per heavy atom. The predicted octanol–water partition coefficient (Wildman–Crippen LogP) is 1.14. The topological polar surface area (TPSA) is 80.6 Å². The van der Waals surface area contributed by atoms with Crippen LogP contribution in [0.3, 0.4) is 0 Å². The Hall–Kier alpha value is -2.71. The number of H-pyrrole nitrogens is 1. The lowest BCUT2D eigenvalue weighted by atomic mass is 10.1. The van der Waals surface area contributed by atoms with Crippen LogP contribution >= 0.6 is 0 Å². The summed E-state index contributed by atoms with van der Waals surface area (Å²) in [7, 11) is 1.42. The number of benzene rings is 1. The van der Waals surface area contributed by atoms with Gasteiger partial charge in [-0.05, 0) is 18.2 Å². The Labute approximate surface area is 114 Å². The maximum atomic E-state index is 12.7. The summed E-state index contributed by atoms with van der Waals surface area (Å²) in [6, 6.07) is 2.95. The first-order valence-corrected chi connectivity index (χ1v) is 5.75. The molecule has 108 valence electrons. The second-order valence-corrected chi connectivity index (χ2v) is 4.42. The average Bonchev–Trinajstić information content (AvgIpc) is 2.39. The second-order valence-electron chi connectivity index (χ2n) is 4.42. The Morgan fingerprint density at radius 2 is 1.90 bits per heavy atom. The van der Waals surface area contributed by atoms with Crippen molar-refractivity contribution in [1.82, 2.24) is 19.5 Å². The third-order valence-corrected chi connectivity index (χ3v) is 3.07. The highest BCUT2D eigenvalue weighted by Gasteiger charge is 2.31. The lowest BCUT2D eigenvalue weighted by Gasteiger charge is -2.14. The van der Waals surface area contributed by atoms with Gasteiger partial charge in [-0.25, -0.2) is 9.78 Å². The van der Waals surface area contributed by atoms with Gasteiger partial charge >= 0.3 is 11.9 Å². The Kier molecular flexibility index (Phi) is 2.62. The summed E-state index contributed by atoms with van der Waals surface area (Å²) in [5, 5.41) is 0. The first-order chi connectivity index (χ1) is 9.77. The maximum absolute atomic E-state index is 12.7. The van der Waals surface area contributed by atoms with E-state index in [2.05, 4.69) is 9.97 Å². The molecule has 1 N–H and O–H groups in total. The zero-order valence-electron chi connectivity index (χ0n) is 10.5. The van der Waals surface area contributed by atoms with Crippen molar-refractivity contribution in [3.8, 4) is 11.5 Å². The predicted molar refractivity (Wildman–Crippen MR) is 67.0 cm³/mol. The molecule has 0 fully saturated rings. The number of halogens is 3. The van der Waals surface area contributed by atoms with Crippen LogP contribution in [0.15, 0.2) is 27.8 Å². The maximum Gasteiger partial charge on any atom is 0.416 e. The van der Waals surface area contributed by atoms with E-state index in [4.69, 9.17) is 0 Å². The summed E-state index contributed by atoms with van der Waals surface area (Å²) in [6.45, 7) is 0. The quantitative estimate of drug-likeness (QED) is 0.631. The monoisotopic (exact) mass is 296 g/mol. The Balaban J connectivity index is 2.47. The number of aromatic nitrogens is 4. The highest BCUT2D eigenvalue weighted by atomic mass is 19.4. The van der Waals surface area contributed by atoms with Crippen LogP contribution in [0.25, 0.3) is 22.6 Å². The largest absolute Gasteiger partial charge is 0.416 e. The standard InChI is InChI=1S/C12H7F3N4O2/c1-19-7-4-5(12(13,14)15)2-3-6(7)16-8-9(19)17-11(21)18-10(8)20/h2-4H,1H3,(H,18,20,21). The number of alkyl halides is 3. The van der Waals surface area contributed by atoms with Gasteiger partial charge in [0, 0.05) is 7.05 Å². The van der Waals surface area contributed by atoms with Gasteiger partial charge in [-0.2, -0.15) is 18.2 Å². The third kappa shape index (κ3) is 2.06. The van der Waals surface area contributed by atoms with Crippen molar-refractivity contribution in [1.29, 1.82) is 0 Å². The van der Waals surface area contributed by atoms with Gasteiger partial charge < -0.3 is 4.57 Å². The van der Waals surface area contributed by atoms with Crippen LogP contribution in [0, 0.1) is 0 Å². The van der Waals surface area contributed by atoms with Crippen LogP contribution in [0.2, 0.25) is 0 Å². The molecule has 3 rings (SSSR count). The fraction of sp³-hybridized carbons (Fsp3) is 0.167. The van der Waals surface area contributed by atoms with Gasteiger partial charge in [-0.15, -0.1) is 0 Å². The van der Waals surface area contributed by atoms with E-state index in [0.29, 0.717) is 0 Å². The van der Waals surface area contributed by atoms with Crippen LogP contribution in [0.1, 0.15) is 5.56 Å². The van der Waals surface area contributed by atoms with Crippen LogP contribution in [-0.4, -0.2) is 19.5 Å². The smallest absolute Gasteiger partial charge is 0.325 e. The molecule has 0 radical (unpaired) electrons. The number of rotatable bonds is 0. The highest BCUT2D eigenvalue weighted by molar-refractivity contribution is 5.80. The van der Waals surface area contributed by atoms with Gasteiger partial charge in [0.1, 0.15) is 0 Å². The fourth-order valence-electron chi connectivity index (χ4n) is 2.07. The molecule has 0 unspecified atom stereocenters. The molecule has 2 aliphatic heterocycles. The van der Waals surface area contributed by atoms with Gasteiger partial charge in [0.2, 0.25) is 0 Å². The number of aryl methyl sites for hydroxylation is 1.